The first-order chi connectivity index (χ1) is 12.6. The SMILES string of the molecule is Cc1c(I)cccc1C=NNc1nc(-c2ccccc2)c(C#N)c(=O)[nH]1. The lowest BCUT2D eigenvalue weighted by Crippen LogP contribution is -2.16. The van der Waals surface area contributed by atoms with Gasteiger partial charge in [-0.3, -0.25) is 9.78 Å². The van der Waals surface area contributed by atoms with E-state index < -0.39 is 5.56 Å². The summed E-state index contributed by atoms with van der Waals surface area (Å²) < 4.78 is 1.14. The summed E-state index contributed by atoms with van der Waals surface area (Å²) in [5, 5.41) is 13.4. The highest BCUT2D eigenvalue weighted by Crippen LogP contribution is 2.19. The fraction of sp³-hybridized carbons (Fsp3) is 0.0526. The van der Waals surface area contributed by atoms with E-state index in [0.29, 0.717) is 11.3 Å². The summed E-state index contributed by atoms with van der Waals surface area (Å²) in [6.07, 6.45) is 1.66. The Balaban J connectivity index is 1.93. The van der Waals surface area contributed by atoms with E-state index in [1.807, 2.05) is 49.4 Å². The summed E-state index contributed by atoms with van der Waals surface area (Å²) in [6, 6.07) is 16.9. The van der Waals surface area contributed by atoms with Crippen LogP contribution in [0.25, 0.3) is 11.3 Å². The standard InChI is InChI=1S/C19H14IN5O/c1-12-14(8-5-9-16(12)20)11-22-25-19-23-17(13-6-3-2-4-7-13)15(10-21)18(26)24-19/h2-9,11H,1H3,(H2,23,24,25,26). The van der Waals surface area contributed by atoms with Gasteiger partial charge < -0.3 is 0 Å². The highest BCUT2D eigenvalue weighted by atomic mass is 127. The van der Waals surface area contributed by atoms with Gasteiger partial charge in [0.2, 0.25) is 5.95 Å². The van der Waals surface area contributed by atoms with Crippen LogP contribution in [0.4, 0.5) is 5.95 Å². The summed E-state index contributed by atoms with van der Waals surface area (Å²) in [7, 11) is 0. The number of benzene rings is 2. The van der Waals surface area contributed by atoms with Crippen molar-refractivity contribution in [1.82, 2.24) is 9.97 Å². The van der Waals surface area contributed by atoms with Gasteiger partial charge in [0.25, 0.3) is 5.56 Å². The number of nitrogens with one attached hydrogen (secondary N) is 2. The third-order valence-corrected chi connectivity index (χ3v) is 4.93. The van der Waals surface area contributed by atoms with Gasteiger partial charge >= 0.3 is 0 Å². The average molecular weight is 455 g/mol. The average Bonchev–Trinajstić information content (AvgIpc) is 2.65. The third-order valence-electron chi connectivity index (χ3n) is 3.76. The third kappa shape index (κ3) is 3.81. The molecule has 2 N–H and O–H groups in total. The van der Waals surface area contributed by atoms with Crippen LogP contribution in [0, 0.1) is 21.8 Å². The number of aromatic amines is 1. The molecule has 0 unspecified atom stereocenters. The number of nitrogens with zero attached hydrogens (tertiary/aromatic N) is 3. The van der Waals surface area contributed by atoms with E-state index in [9.17, 15) is 10.1 Å². The van der Waals surface area contributed by atoms with Crippen LogP contribution in [0.3, 0.4) is 0 Å². The zero-order chi connectivity index (χ0) is 18.5. The molecule has 0 aliphatic rings. The predicted octanol–water partition coefficient (Wildman–Crippen LogP) is 3.67. The zero-order valence-corrected chi connectivity index (χ0v) is 16.0. The Morgan fingerprint density at radius 2 is 2.00 bits per heavy atom. The number of halogens is 1. The molecule has 0 aliphatic carbocycles. The second-order valence-electron chi connectivity index (χ2n) is 5.44. The van der Waals surface area contributed by atoms with Crippen LogP contribution in [0.5, 0.6) is 0 Å². The highest BCUT2D eigenvalue weighted by Gasteiger charge is 2.12. The van der Waals surface area contributed by atoms with Gasteiger partial charge in [-0.25, -0.2) is 10.4 Å². The number of hydrogen-bond donors (Lipinski definition) is 2. The van der Waals surface area contributed by atoms with Gasteiger partial charge in [0.1, 0.15) is 11.6 Å². The fourth-order valence-corrected chi connectivity index (χ4v) is 2.88. The van der Waals surface area contributed by atoms with Crippen molar-refractivity contribution in [2.24, 2.45) is 5.10 Å². The monoisotopic (exact) mass is 455 g/mol. The number of rotatable bonds is 4. The molecule has 128 valence electrons. The maximum Gasteiger partial charge on any atom is 0.270 e. The van der Waals surface area contributed by atoms with Gasteiger partial charge in [0.15, 0.2) is 0 Å². The predicted molar refractivity (Wildman–Crippen MR) is 110 cm³/mol. The number of nitriles is 1. The second kappa shape index (κ2) is 7.93. The molecule has 0 amide bonds. The molecule has 2 aromatic carbocycles. The lowest BCUT2D eigenvalue weighted by atomic mass is 10.1. The van der Waals surface area contributed by atoms with E-state index in [4.69, 9.17) is 0 Å². The Kier molecular flexibility index (Phi) is 5.43. The Labute approximate surface area is 163 Å². The minimum absolute atomic E-state index is 0.0285. The molecule has 6 nitrogen and oxygen atoms in total. The highest BCUT2D eigenvalue weighted by molar-refractivity contribution is 14.1. The first-order valence-corrected chi connectivity index (χ1v) is 8.82. The molecular formula is C19H14IN5O. The molecule has 0 spiro atoms. The van der Waals surface area contributed by atoms with Gasteiger partial charge in [0, 0.05) is 9.13 Å². The van der Waals surface area contributed by atoms with E-state index in [-0.39, 0.29) is 11.5 Å². The van der Waals surface area contributed by atoms with Gasteiger partial charge in [-0.2, -0.15) is 10.4 Å². The number of aromatic nitrogens is 2. The maximum atomic E-state index is 12.2. The van der Waals surface area contributed by atoms with E-state index in [0.717, 1.165) is 14.7 Å². The van der Waals surface area contributed by atoms with Crippen LogP contribution in [-0.2, 0) is 0 Å². The smallest absolute Gasteiger partial charge is 0.270 e. The van der Waals surface area contributed by atoms with E-state index in [2.05, 4.69) is 43.1 Å². The fourth-order valence-electron chi connectivity index (χ4n) is 2.36. The van der Waals surface area contributed by atoms with Crippen LogP contribution in [0.2, 0.25) is 0 Å². The molecule has 0 fully saturated rings. The van der Waals surface area contributed by atoms with Crippen LogP contribution in [0.1, 0.15) is 16.7 Å². The number of H-pyrrole nitrogens is 1. The molecule has 0 atom stereocenters. The molecule has 26 heavy (non-hydrogen) atoms. The van der Waals surface area contributed by atoms with E-state index in [1.54, 1.807) is 18.3 Å². The molecule has 0 saturated carbocycles. The second-order valence-corrected chi connectivity index (χ2v) is 6.60. The van der Waals surface area contributed by atoms with Gasteiger partial charge in [-0.1, -0.05) is 42.5 Å². The summed E-state index contributed by atoms with van der Waals surface area (Å²) in [5.41, 5.74) is 5.28. The van der Waals surface area contributed by atoms with Crippen molar-refractivity contribution in [2.75, 3.05) is 5.43 Å². The van der Waals surface area contributed by atoms with Crippen LogP contribution >= 0.6 is 22.6 Å². The number of hydrazone groups is 1. The van der Waals surface area contributed by atoms with Crippen molar-refractivity contribution in [2.45, 2.75) is 6.92 Å². The number of anilines is 1. The molecular weight excluding hydrogens is 441 g/mol. The molecule has 1 aromatic heterocycles. The molecule has 0 aliphatic heterocycles. The van der Waals surface area contributed by atoms with Crippen molar-refractivity contribution >= 4 is 34.8 Å². The molecule has 3 rings (SSSR count). The molecule has 3 aromatic rings. The van der Waals surface area contributed by atoms with E-state index in [1.165, 1.54) is 0 Å². The van der Waals surface area contributed by atoms with E-state index >= 15 is 0 Å². The lowest BCUT2D eigenvalue weighted by Gasteiger charge is -2.06. The lowest BCUT2D eigenvalue weighted by molar-refractivity contribution is 1.08. The van der Waals surface area contributed by atoms with Crippen LogP contribution in [0.15, 0.2) is 58.4 Å². The minimum atomic E-state index is -0.510. The molecule has 0 bridgehead atoms. The summed E-state index contributed by atoms with van der Waals surface area (Å²) >= 11 is 2.26. The van der Waals surface area contributed by atoms with Gasteiger partial charge in [-0.05, 0) is 46.7 Å². The molecule has 0 radical (unpaired) electrons. The minimum Gasteiger partial charge on any atom is -0.290 e. The number of hydrogen-bond acceptors (Lipinski definition) is 5. The van der Waals surface area contributed by atoms with Gasteiger partial charge in [-0.15, -0.1) is 0 Å². The van der Waals surface area contributed by atoms with Crippen molar-refractivity contribution in [3.05, 3.63) is 79.1 Å². The summed E-state index contributed by atoms with van der Waals surface area (Å²) in [5.74, 6) is 0.174. The van der Waals surface area contributed by atoms with Crippen molar-refractivity contribution in [1.29, 1.82) is 5.26 Å². The van der Waals surface area contributed by atoms with Crippen LogP contribution in [-0.4, -0.2) is 16.2 Å². The van der Waals surface area contributed by atoms with Gasteiger partial charge in [0.05, 0.1) is 11.9 Å². The quantitative estimate of drug-likeness (QED) is 0.357. The zero-order valence-electron chi connectivity index (χ0n) is 13.8. The molecule has 1 heterocycles. The van der Waals surface area contributed by atoms with Crippen molar-refractivity contribution in [3.8, 4) is 17.3 Å². The Bertz CT molecular complexity index is 1070. The molecule has 7 heteroatoms. The Hall–Kier alpha value is -2.99. The summed E-state index contributed by atoms with van der Waals surface area (Å²) in [6.45, 7) is 2.01. The summed E-state index contributed by atoms with van der Waals surface area (Å²) in [4.78, 5) is 19.1. The Morgan fingerprint density at radius 1 is 1.23 bits per heavy atom. The topological polar surface area (TPSA) is 93.9 Å². The van der Waals surface area contributed by atoms with Crippen LogP contribution < -0.4 is 11.0 Å². The molecule has 0 saturated heterocycles. The normalized spacial score (nSPS) is 10.7. The Morgan fingerprint density at radius 3 is 2.73 bits per heavy atom. The first kappa shape index (κ1) is 17.8. The maximum absolute atomic E-state index is 12.2. The first-order valence-electron chi connectivity index (χ1n) is 7.74. The van der Waals surface area contributed by atoms with Crippen molar-refractivity contribution < 1.29 is 0 Å². The van der Waals surface area contributed by atoms with Crippen molar-refractivity contribution in [3.63, 3.8) is 0 Å². The largest absolute Gasteiger partial charge is 0.290 e.